The average Bonchev–Trinajstić information content (AvgIpc) is 3.15. The molecule has 0 spiro atoms. The fourth-order valence-electron chi connectivity index (χ4n) is 2.80. The molecule has 0 aliphatic carbocycles. The minimum atomic E-state index is -0.340. The lowest BCUT2D eigenvalue weighted by atomic mass is 10.2. The molecule has 2 aromatic carbocycles. The molecule has 24 heavy (non-hydrogen) atoms. The molecule has 0 amide bonds. The van der Waals surface area contributed by atoms with Gasteiger partial charge in [-0.3, -0.25) is 0 Å². The molecule has 0 unspecified atom stereocenters. The van der Waals surface area contributed by atoms with Gasteiger partial charge < -0.3 is 8.98 Å². The number of rotatable bonds is 3. The van der Waals surface area contributed by atoms with Crippen LogP contribution in [-0.4, -0.2) is 14.8 Å². The number of para-hydroxylation sites is 1. The van der Waals surface area contributed by atoms with Crippen LogP contribution in [0, 0.1) is 12.7 Å². The maximum atomic E-state index is 14.2. The van der Waals surface area contributed by atoms with E-state index in [-0.39, 0.29) is 12.4 Å². The van der Waals surface area contributed by atoms with Crippen molar-refractivity contribution in [1.82, 2.24) is 14.8 Å². The standard InChI is InChI=1S/C18H13ClFN3O/c1-11-21-22-18(24-11)17-9-12-5-2-3-8-16(12)23(17)10-13-14(19)6-4-7-15(13)20/h2-9H,10H2,1H3. The molecular formula is C18H13ClFN3O. The molecular weight excluding hydrogens is 329 g/mol. The summed E-state index contributed by atoms with van der Waals surface area (Å²) in [4.78, 5) is 0. The predicted molar refractivity (Wildman–Crippen MR) is 90.5 cm³/mol. The van der Waals surface area contributed by atoms with Gasteiger partial charge in [-0.2, -0.15) is 0 Å². The number of hydrogen-bond acceptors (Lipinski definition) is 3. The number of nitrogens with zero attached hydrogens (tertiary/aromatic N) is 3. The van der Waals surface area contributed by atoms with Crippen molar-refractivity contribution < 1.29 is 8.81 Å². The van der Waals surface area contributed by atoms with E-state index in [0.29, 0.717) is 22.4 Å². The maximum absolute atomic E-state index is 14.2. The number of halogens is 2. The summed E-state index contributed by atoms with van der Waals surface area (Å²) in [5, 5.41) is 9.38. The lowest BCUT2D eigenvalue weighted by Crippen LogP contribution is -2.04. The summed E-state index contributed by atoms with van der Waals surface area (Å²) < 4.78 is 21.7. The van der Waals surface area contributed by atoms with Gasteiger partial charge in [0.05, 0.1) is 6.54 Å². The first-order chi connectivity index (χ1) is 11.6. The normalized spacial score (nSPS) is 11.3. The molecule has 0 aliphatic rings. The van der Waals surface area contributed by atoms with Gasteiger partial charge in [-0.25, -0.2) is 4.39 Å². The SMILES string of the molecule is Cc1nnc(-c2cc3ccccc3n2Cc2c(F)cccc2Cl)o1. The second-order valence-corrected chi connectivity index (χ2v) is 5.91. The van der Waals surface area contributed by atoms with Crippen molar-refractivity contribution in [2.24, 2.45) is 0 Å². The zero-order chi connectivity index (χ0) is 16.7. The lowest BCUT2D eigenvalue weighted by molar-refractivity contribution is 0.527. The quantitative estimate of drug-likeness (QED) is 0.535. The molecule has 0 atom stereocenters. The van der Waals surface area contributed by atoms with Gasteiger partial charge >= 0.3 is 0 Å². The highest BCUT2D eigenvalue weighted by Gasteiger charge is 2.18. The number of aryl methyl sites for hydroxylation is 1. The van der Waals surface area contributed by atoms with Crippen molar-refractivity contribution in [2.45, 2.75) is 13.5 Å². The predicted octanol–water partition coefficient (Wildman–Crippen LogP) is 4.84. The van der Waals surface area contributed by atoms with Crippen LogP contribution in [0.2, 0.25) is 5.02 Å². The molecule has 0 saturated carbocycles. The van der Waals surface area contributed by atoms with E-state index < -0.39 is 0 Å². The second-order valence-electron chi connectivity index (χ2n) is 5.50. The molecule has 4 rings (SSSR count). The van der Waals surface area contributed by atoms with Gasteiger partial charge in [-0.15, -0.1) is 10.2 Å². The molecule has 0 radical (unpaired) electrons. The first-order valence-corrected chi connectivity index (χ1v) is 7.83. The van der Waals surface area contributed by atoms with Gasteiger partial charge in [0.25, 0.3) is 5.89 Å². The Morgan fingerprint density at radius 2 is 1.96 bits per heavy atom. The molecule has 0 N–H and O–H groups in total. The smallest absolute Gasteiger partial charge is 0.264 e. The van der Waals surface area contributed by atoms with Crippen molar-refractivity contribution in [3.8, 4) is 11.6 Å². The van der Waals surface area contributed by atoms with E-state index in [1.807, 2.05) is 34.9 Å². The van der Waals surface area contributed by atoms with Crippen LogP contribution in [-0.2, 0) is 6.54 Å². The second kappa shape index (κ2) is 5.76. The number of benzene rings is 2. The van der Waals surface area contributed by atoms with E-state index in [2.05, 4.69) is 10.2 Å². The summed E-state index contributed by atoms with van der Waals surface area (Å²) in [6.45, 7) is 2.01. The number of hydrogen-bond donors (Lipinski definition) is 0. The van der Waals surface area contributed by atoms with Crippen LogP contribution < -0.4 is 0 Å². The van der Waals surface area contributed by atoms with Crippen molar-refractivity contribution in [1.29, 1.82) is 0 Å². The van der Waals surface area contributed by atoms with Crippen molar-refractivity contribution in [3.63, 3.8) is 0 Å². The van der Waals surface area contributed by atoms with Gasteiger partial charge in [0, 0.05) is 28.4 Å². The highest BCUT2D eigenvalue weighted by Crippen LogP contribution is 2.30. The fourth-order valence-corrected chi connectivity index (χ4v) is 3.02. The fraction of sp³-hybridized carbons (Fsp3) is 0.111. The van der Waals surface area contributed by atoms with E-state index in [1.165, 1.54) is 6.07 Å². The summed E-state index contributed by atoms with van der Waals surface area (Å²) in [5.41, 5.74) is 2.11. The molecule has 4 aromatic rings. The maximum Gasteiger partial charge on any atom is 0.264 e. The van der Waals surface area contributed by atoms with Crippen molar-refractivity contribution in [3.05, 3.63) is 70.8 Å². The van der Waals surface area contributed by atoms with Crippen LogP contribution >= 0.6 is 11.6 Å². The topological polar surface area (TPSA) is 43.9 Å². The molecule has 2 aromatic heterocycles. The third-order valence-electron chi connectivity index (χ3n) is 3.93. The number of fused-ring (bicyclic) bond motifs is 1. The molecule has 6 heteroatoms. The monoisotopic (exact) mass is 341 g/mol. The Bertz CT molecular complexity index is 1020. The van der Waals surface area contributed by atoms with Crippen molar-refractivity contribution in [2.75, 3.05) is 0 Å². The molecule has 0 aliphatic heterocycles. The first kappa shape index (κ1) is 14.9. The van der Waals surface area contributed by atoms with Crippen LogP contribution in [0.4, 0.5) is 4.39 Å². The highest BCUT2D eigenvalue weighted by molar-refractivity contribution is 6.31. The summed E-state index contributed by atoms with van der Waals surface area (Å²) >= 11 is 6.20. The Balaban J connectivity index is 1.93. The Hall–Kier alpha value is -2.66. The zero-order valence-corrected chi connectivity index (χ0v) is 13.6. The van der Waals surface area contributed by atoms with Crippen LogP contribution in [0.1, 0.15) is 11.5 Å². The lowest BCUT2D eigenvalue weighted by Gasteiger charge is -2.11. The van der Waals surface area contributed by atoms with E-state index in [1.54, 1.807) is 19.1 Å². The van der Waals surface area contributed by atoms with E-state index in [4.69, 9.17) is 16.0 Å². The van der Waals surface area contributed by atoms with E-state index in [9.17, 15) is 4.39 Å². The Morgan fingerprint density at radius 3 is 2.71 bits per heavy atom. The summed E-state index contributed by atoms with van der Waals surface area (Å²) in [6.07, 6.45) is 0. The molecule has 0 fully saturated rings. The molecule has 2 heterocycles. The molecule has 0 saturated heterocycles. The van der Waals surface area contributed by atoms with Crippen LogP contribution in [0.25, 0.3) is 22.5 Å². The minimum Gasteiger partial charge on any atom is -0.420 e. The average molecular weight is 342 g/mol. The van der Waals surface area contributed by atoms with Gasteiger partial charge in [0.15, 0.2) is 0 Å². The Kier molecular flexibility index (Phi) is 3.58. The van der Waals surface area contributed by atoms with Gasteiger partial charge in [-0.1, -0.05) is 35.9 Å². The third kappa shape index (κ3) is 2.47. The Labute approximate surface area is 142 Å². The van der Waals surface area contributed by atoms with Crippen molar-refractivity contribution >= 4 is 22.5 Å². The van der Waals surface area contributed by atoms with Crippen LogP contribution in [0.3, 0.4) is 0 Å². The molecule has 0 bridgehead atoms. The third-order valence-corrected chi connectivity index (χ3v) is 4.29. The van der Waals surface area contributed by atoms with Crippen LogP contribution in [0.15, 0.2) is 52.9 Å². The molecule has 120 valence electrons. The van der Waals surface area contributed by atoms with Gasteiger partial charge in [0.1, 0.15) is 11.5 Å². The highest BCUT2D eigenvalue weighted by atomic mass is 35.5. The molecule has 4 nitrogen and oxygen atoms in total. The largest absolute Gasteiger partial charge is 0.420 e. The van der Waals surface area contributed by atoms with E-state index >= 15 is 0 Å². The Morgan fingerprint density at radius 1 is 1.12 bits per heavy atom. The van der Waals surface area contributed by atoms with Gasteiger partial charge in [-0.05, 0) is 24.3 Å². The summed E-state index contributed by atoms with van der Waals surface area (Å²) in [7, 11) is 0. The van der Waals surface area contributed by atoms with Gasteiger partial charge in [0.2, 0.25) is 5.89 Å². The van der Waals surface area contributed by atoms with E-state index in [0.717, 1.165) is 16.6 Å². The minimum absolute atomic E-state index is 0.274. The number of aromatic nitrogens is 3. The zero-order valence-electron chi connectivity index (χ0n) is 12.8. The first-order valence-electron chi connectivity index (χ1n) is 7.45. The summed E-state index contributed by atoms with van der Waals surface area (Å²) in [6, 6.07) is 14.5. The van der Waals surface area contributed by atoms with Crippen LogP contribution in [0.5, 0.6) is 0 Å². The summed E-state index contributed by atoms with van der Waals surface area (Å²) in [5.74, 6) is 0.537.